The van der Waals surface area contributed by atoms with E-state index in [2.05, 4.69) is 31.0 Å². The van der Waals surface area contributed by atoms with Crippen LogP contribution in [0.25, 0.3) is 0 Å². The Bertz CT molecular complexity index is 1070. The number of halogens is 1. The molecule has 2 aromatic heterocycles. The number of rotatable bonds is 6. The van der Waals surface area contributed by atoms with Gasteiger partial charge in [0, 0.05) is 48.7 Å². The van der Waals surface area contributed by atoms with Gasteiger partial charge in [-0.3, -0.25) is 9.78 Å². The van der Waals surface area contributed by atoms with Crippen molar-refractivity contribution >= 4 is 5.91 Å². The van der Waals surface area contributed by atoms with Crippen LogP contribution < -0.4 is 0 Å². The second-order valence-electron chi connectivity index (χ2n) is 9.09. The maximum absolute atomic E-state index is 13.2. The summed E-state index contributed by atoms with van der Waals surface area (Å²) in [6, 6.07) is 10.9. The van der Waals surface area contributed by atoms with Gasteiger partial charge in [0.1, 0.15) is 18.2 Å². The van der Waals surface area contributed by atoms with Crippen molar-refractivity contribution < 1.29 is 9.18 Å². The SMILES string of the molecule is Cc1cc(Cc2ccc(F)cc2)cc(C2CCCN(C(=O)Cn3ccnc3C(C)C)C2)n1. The highest BCUT2D eigenvalue weighted by molar-refractivity contribution is 5.76. The highest BCUT2D eigenvalue weighted by Crippen LogP contribution is 2.27. The number of pyridine rings is 1. The molecule has 3 aromatic rings. The van der Waals surface area contributed by atoms with Crippen molar-refractivity contribution in [1.29, 1.82) is 0 Å². The molecule has 32 heavy (non-hydrogen) atoms. The zero-order valence-corrected chi connectivity index (χ0v) is 19.1. The molecule has 0 spiro atoms. The summed E-state index contributed by atoms with van der Waals surface area (Å²) in [4.78, 5) is 24.2. The Morgan fingerprint density at radius 2 is 1.97 bits per heavy atom. The van der Waals surface area contributed by atoms with Gasteiger partial charge < -0.3 is 9.47 Å². The topological polar surface area (TPSA) is 51.0 Å². The van der Waals surface area contributed by atoms with Gasteiger partial charge in [0.2, 0.25) is 5.91 Å². The van der Waals surface area contributed by atoms with Gasteiger partial charge in [0.25, 0.3) is 0 Å². The second kappa shape index (κ2) is 9.63. The summed E-state index contributed by atoms with van der Waals surface area (Å²) in [5.41, 5.74) is 4.26. The summed E-state index contributed by atoms with van der Waals surface area (Å²) in [7, 11) is 0. The predicted molar refractivity (Wildman–Crippen MR) is 123 cm³/mol. The minimum Gasteiger partial charge on any atom is -0.340 e. The Balaban J connectivity index is 1.46. The van der Waals surface area contributed by atoms with Gasteiger partial charge in [-0.15, -0.1) is 0 Å². The Labute approximate surface area is 189 Å². The third kappa shape index (κ3) is 5.23. The van der Waals surface area contributed by atoms with E-state index in [0.29, 0.717) is 13.1 Å². The number of likely N-dealkylation sites (tertiary alicyclic amines) is 1. The molecule has 1 aliphatic rings. The van der Waals surface area contributed by atoms with Gasteiger partial charge in [0.05, 0.1) is 0 Å². The number of carbonyl (C=O) groups is 1. The first-order valence-corrected chi connectivity index (χ1v) is 11.4. The minimum absolute atomic E-state index is 0.133. The summed E-state index contributed by atoms with van der Waals surface area (Å²) in [5.74, 6) is 1.37. The summed E-state index contributed by atoms with van der Waals surface area (Å²) in [5, 5.41) is 0. The maximum Gasteiger partial charge on any atom is 0.242 e. The summed E-state index contributed by atoms with van der Waals surface area (Å²) in [6.45, 7) is 8.00. The number of aryl methyl sites for hydroxylation is 1. The van der Waals surface area contributed by atoms with Crippen LogP contribution >= 0.6 is 0 Å². The van der Waals surface area contributed by atoms with Gasteiger partial charge in [-0.1, -0.05) is 26.0 Å². The van der Waals surface area contributed by atoms with Gasteiger partial charge in [0.15, 0.2) is 0 Å². The molecule has 1 fully saturated rings. The van der Waals surface area contributed by atoms with E-state index < -0.39 is 0 Å². The van der Waals surface area contributed by atoms with Crippen LogP contribution in [0.2, 0.25) is 0 Å². The third-order valence-corrected chi connectivity index (χ3v) is 6.12. The van der Waals surface area contributed by atoms with E-state index in [1.54, 1.807) is 6.20 Å². The van der Waals surface area contributed by atoms with Crippen molar-refractivity contribution in [2.24, 2.45) is 0 Å². The fraction of sp³-hybridized carbons (Fsp3) is 0.423. The van der Waals surface area contributed by atoms with Crippen molar-refractivity contribution in [3.05, 3.63) is 82.9 Å². The molecule has 1 atom stereocenters. The van der Waals surface area contributed by atoms with E-state index in [1.165, 1.54) is 17.7 Å². The average Bonchev–Trinajstić information content (AvgIpc) is 3.23. The maximum atomic E-state index is 13.2. The molecule has 0 radical (unpaired) electrons. The molecule has 0 aliphatic carbocycles. The number of nitrogens with zero attached hydrogens (tertiary/aromatic N) is 4. The second-order valence-corrected chi connectivity index (χ2v) is 9.09. The number of benzene rings is 1. The van der Waals surface area contributed by atoms with Crippen LogP contribution in [0.15, 0.2) is 48.8 Å². The largest absolute Gasteiger partial charge is 0.340 e. The highest BCUT2D eigenvalue weighted by Gasteiger charge is 2.26. The number of hydrogen-bond donors (Lipinski definition) is 0. The van der Waals surface area contributed by atoms with Crippen LogP contribution in [0.5, 0.6) is 0 Å². The quantitative estimate of drug-likeness (QED) is 0.558. The van der Waals surface area contributed by atoms with Crippen molar-refractivity contribution in [1.82, 2.24) is 19.4 Å². The van der Waals surface area contributed by atoms with Gasteiger partial charge >= 0.3 is 0 Å². The van der Waals surface area contributed by atoms with Crippen molar-refractivity contribution in [3.8, 4) is 0 Å². The number of carbonyl (C=O) groups excluding carboxylic acids is 1. The highest BCUT2D eigenvalue weighted by atomic mass is 19.1. The molecule has 1 amide bonds. The zero-order valence-electron chi connectivity index (χ0n) is 19.1. The molecule has 5 nitrogen and oxygen atoms in total. The van der Waals surface area contributed by atoms with Crippen molar-refractivity contribution in [3.63, 3.8) is 0 Å². The Hall–Kier alpha value is -3.02. The van der Waals surface area contributed by atoms with Crippen molar-refractivity contribution in [2.75, 3.05) is 13.1 Å². The minimum atomic E-state index is -0.219. The Kier molecular flexibility index (Phi) is 6.68. The lowest BCUT2D eigenvalue weighted by atomic mass is 9.92. The Morgan fingerprint density at radius 3 is 2.72 bits per heavy atom. The first kappa shape index (κ1) is 22.2. The first-order valence-electron chi connectivity index (χ1n) is 11.4. The van der Waals surface area contributed by atoms with E-state index in [9.17, 15) is 9.18 Å². The molecule has 1 aromatic carbocycles. The number of hydrogen-bond acceptors (Lipinski definition) is 3. The first-order chi connectivity index (χ1) is 15.4. The van der Waals surface area contributed by atoms with Crippen LogP contribution in [0.1, 0.15) is 66.9 Å². The molecular formula is C26H31FN4O. The smallest absolute Gasteiger partial charge is 0.242 e. The van der Waals surface area contributed by atoms with Crippen LogP contribution in [-0.2, 0) is 17.8 Å². The van der Waals surface area contributed by atoms with E-state index in [4.69, 9.17) is 4.98 Å². The summed E-state index contributed by atoms with van der Waals surface area (Å²) in [6.07, 6.45) is 6.39. The molecule has 3 heterocycles. The molecule has 0 bridgehead atoms. The van der Waals surface area contributed by atoms with Crippen LogP contribution in [0.4, 0.5) is 4.39 Å². The monoisotopic (exact) mass is 434 g/mol. The van der Waals surface area contributed by atoms with Crippen LogP contribution in [0, 0.1) is 12.7 Å². The lowest BCUT2D eigenvalue weighted by molar-refractivity contribution is -0.133. The molecule has 1 unspecified atom stereocenters. The van der Waals surface area contributed by atoms with Gasteiger partial charge in [-0.05, 0) is 61.6 Å². The Morgan fingerprint density at radius 1 is 1.19 bits per heavy atom. The molecule has 168 valence electrons. The molecule has 1 saturated heterocycles. The van der Waals surface area contributed by atoms with E-state index in [0.717, 1.165) is 48.6 Å². The van der Waals surface area contributed by atoms with E-state index >= 15 is 0 Å². The molecule has 1 aliphatic heterocycles. The van der Waals surface area contributed by atoms with Crippen LogP contribution in [0.3, 0.4) is 0 Å². The van der Waals surface area contributed by atoms with Gasteiger partial charge in [-0.2, -0.15) is 0 Å². The lowest BCUT2D eigenvalue weighted by Gasteiger charge is -2.33. The fourth-order valence-electron chi connectivity index (χ4n) is 4.56. The van der Waals surface area contributed by atoms with Crippen molar-refractivity contribution in [2.45, 2.75) is 58.4 Å². The van der Waals surface area contributed by atoms with E-state index in [1.807, 2.05) is 34.7 Å². The number of piperidine rings is 1. The number of imidazole rings is 1. The molecular weight excluding hydrogens is 403 g/mol. The number of aromatic nitrogens is 3. The zero-order chi connectivity index (χ0) is 22.7. The van der Waals surface area contributed by atoms with Gasteiger partial charge in [-0.25, -0.2) is 9.37 Å². The molecule has 0 N–H and O–H groups in total. The molecule has 4 rings (SSSR count). The van der Waals surface area contributed by atoms with Crippen LogP contribution in [-0.4, -0.2) is 38.4 Å². The summed E-state index contributed by atoms with van der Waals surface area (Å²) >= 11 is 0. The van der Waals surface area contributed by atoms with E-state index in [-0.39, 0.29) is 23.6 Å². The molecule has 0 saturated carbocycles. The predicted octanol–water partition coefficient (Wildman–Crippen LogP) is 4.85. The third-order valence-electron chi connectivity index (χ3n) is 6.12. The normalized spacial score (nSPS) is 16.5. The standard InChI is InChI=1S/C26H31FN4O/c1-18(2)26-28-10-12-31(26)17-25(32)30-11-4-5-22(16-30)24-15-21(13-19(3)29-24)14-20-6-8-23(27)9-7-20/h6-10,12-13,15,18,22H,4-5,11,14,16-17H2,1-3H3. The summed E-state index contributed by atoms with van der Waals surface area (Å²) < 4.78 is 15.2. The average molecular weight is 435 g/mol. The fourth-order valence-corrected chi connectivity index (χ4v) is 4.56. The lowest BCUT2D eigenvalue weighted by Crippen LogP contribution is -2.41. The number of amides is 1. The molecule has 6 heteroatoms.